The highest BCUT2D eigenvalue weighted by Crippen LogP contribution is 2.31. The molecule has 4 aromatic carbocycles. The number of carbonyl (C=O) groups excluding carboxylic acids is 2. The molecule has 2 amide bonds. The number of methoxy groups -OCH3 is 1. The molecule has 45 heavy (non-hydrogen) atoms. The molecule has 0 aromatic heterocycles. The number of nitrogens with one attached hydrogen (secondary N) is 1. The molecule has 4 rings (SSSR count). The van der Waals surface area contributed by atoms with E-state index >= 15 is 0 Å². The van der Waals surface area contributed by atoms with Gasteiger partial charge in [0.1, 0.15) is 18.3 Å². The minimum absolute atomic E-state index is 0.0528. The molecule has 4 aromatic rings. The smallest absolute Gasteiger partial charge is 0.264 e. The molecule has 0 bridgehead atoms. The minimum Gasteiger partial charge on any atom is -0.496 e. The van der Waals surface area contributed by atoms with Crippen LogP contribution in [0, 0.1) is 6.92 Å². The van der Waals surface area contributed by atoms with E-state index in [-0.39, 0.29) is 23.5 Å². The number of ether oxygens (including phenoxy) is 1. The highest BCUT2D eigenvalue weighted by molar-refractivity contribution is 9.10. The highest BCUT2D eigenvalue weighted by Gasteiger charge is 2.35. The van der Waals surface area contributed by atoms with Crippen LogP contribution in [0.2, 0.25) is 10.0 Å². The lowest BCUT2D eigenvalue weighted by Crippen LogP contribution is -2.53. The third-order valence-corrected chi connectivity index (χ3v) is 10.2. The second-order valence-corrected chi connectivity index (χ2v) is 13.8. The Hall–Kier alpha value is -3.57. The zero-order chi connectivity index (χ0) is 32.7. The molecule has 1 N–H and O–H groups in total. The molecule has 0 fully saturated rings. The van der Waals surface area contributed by atoms with E-state index in [9.17, 15) is 18.0 Å². The van der Waals surface area contributed by atoms with Crippen LogP contribution >= 0.6 is 39.1 Å². The number of nitrogens with zero attached hydrogens (tertiary/aromatic N) is 2. The van der Waals surface area contributed by atoms with Crippen LogP contribution in [-0.4, -0.2) is 51.9 Å². The molecule has 8 nitrogen and oxygen atoms in total. The molecule has 0 aliphatic carbocycles. The second kappa shape index (κ2) is 15.1. The number of likely N-dealkylation sites (N-methyl/N-ethyl adjacent to an activating group) is 1. The maximum atomic E-state index is 14.4. The monoisotopic (exact) mass is 731 g/mol. The van der Waals surface area contributed by atoms with Gasteiger partial charge in [0, 0.05) is 30.1 Å². The van der Waals surface area contributed by atoms with Gasteiger partial charge in [-0.25, -0.2) is 8.42 Å². The third kappa shape index (κ3) is 8.38. The number of benzene rings is 4. The van der Waals surface area contributed by atoms with Gasteiger partial charge in [0.15, 0.2) is 0 Å². The van der Waals surface area contributed by atoms with Crippen molar-refractivity contribution in [3.8, 4) is 5.75 Å². The molecule has 0 spiro atoms. The summed E-state index contributed by atoms with van der Waals surface area (Å²) in [5.41, 5.74) is 2.55. The van der Waals surface area contributed by atoms with Crippen molar-refractivity contribution < 1.29 is 22.7 Å². The Bertz CT molecular complexity index is 1770. The SMILES string of the molecule is CNC(=O)[C@H](Cc1ccccc1)N(Cc1ccc(Cl)cc1Cl)C(=O)CN(c1ccc(C)cc1)S(=O)(=O)c1ccc(OC)c(Br)c1. The number of amides is 2. The van der Waals surface area contributed by atoms with Crippen LogP contribution in [0.5, 0.6) is 5.75 Å². The van der Waals surface area contributed by atoms with Crippen LogP contribution < -0.4 is 14.4 Å². The molecule has 0 aliphatic rings. The summed E-state index contributed by atoms with van der Waals surface area (Å²) in [6.45, 7) is 1.21. The largest absolute Gasteiger partial charge is 0.496 e. The zero-order valence-corrected chi connectivity index (χ0v) is 28.8. The van der Waals surface area contributed by atoms with Crippen molar-refractivity contribution in [2.75, 3.05) is 25.0 Å². The summed E-state index contributed by atoms with van der Waals surface area (Å²) < 4.78 is 35.2. The van der Waals surface area contributed by atoms with Gasteiger partial charge in [-0.1, -0.05) is 77.3 Å². The van der Waals surface area contributed by atoms with E-state index in [0.29, 0.717) is 25.8 Å². The number of hydrogen-bond acceptors (Lipinski definition) is 5. The molecule has 1 atom stereocenters. The van der Waals surface area contributed by atoms with Crippen molar-refractivity contribution in [1.82, 2.24) is 10.2 Å². The highest BCUT2D eigenvalue weighted by atomic mass is 79.9. The molecule has 0 saturated carbocycles. The van der Waals surface area contributed by atoms with Crippen LogP contribution in [0.15, 0.2) is 100 Å². The molecule has 0 unspecified atom stereocenters. The molecular formula is C33H32BrCl2N3O5S. The summed E-state index contributed by atoms with van der Waals surface area (Å²) in [6, 6.07) is 24.3. The number of halogens is 3. The first-order valence-electron chi connectivity index (χ1n) is 13.9. The summed E-state index contributed by atoms with van der Waals surface area (Å²) in [5, 5.41) is 3.38. The van der Waals surface area contributed by atoms with Gasteiger partial charge in [-0.15, -0.1) is 0 Å². The quantitative estimate of drug-likeness (QED) is 0.176. The number of aryl methyl sites for hydroxylation is 1. The Labute approximate surface area is 282 Å². The number of sulfonamides is 1. The minimum atomic E-state index is -4.28. The van der Waals surface area contributed by atoms with Crippen molar-refractivity contribution >= 4 is 66.7 Å². The Kier molecular flexibility index (Phi) is 11.5. The van der Waals surface area contributed by atoms with Gasteiger partial charge in [0.25, 0.3) is 10.0 Å². The molecule has 0 radical (unpaired) electrons. The second-order valence-electron chi connectivity index (χ2n) is 10.2. The summed E-state index contributed by atoms with van der Waals surface area (Å²) >= 11 is 16.0. The van der Waals surface area contributed by atoms with E-state index in [1.54, 1.807) is 42.5 Å². The summed E-state index contributed by atoms with van der Waals surface area (Å²) in [6.07, 6.45) is 0.181. The lowest BCUT2D eigenvalue weighted by atomic mass is 10.0. The fourth-order valence-corrected chi connectivity index (χ4v) is 7.33. The maximum Gasteiger partial charge on any atom is 0.264 e. The Balaban J connectivity index is 1.81. The van der Waals surface area contributed by atoms with Crippen molar-refractivity contribution in [3.05, 3.63) is 122 Å². The molecule has 0 heterocycles. The van der Waals surface area contributed by atoms with Gasteiger partial charge < -0.3 is 15.0 Å². The predicted octanol–water partition coefficient (Wildman–Crippen LogP) is 6.65. The van der Waals surface area contributed by atoms with Crippen LogP contribution in [-0.2, 0) is 32.6 Å². The van der Waals surface area contributed by atoms with E-state index in [1.165, 1.54) is 37.3 Å². The van der Waals surface area contributed by atoms with Crippen molar-refractivity contribution in [1.29, 1.82) is 0 Å². The standard InChI is InChI=1S/C33H32BrCl2N3O5S/c1-22-9-13-26(14-10-22)39(45(42,43)27-15-16-31(44-3)28(34)19-27)21-32(40)38(20-24-11-12-25(35)18-29(24)36)30(33(41)37-2)17-23-7-5-4-6-8-23/h4-16,18-19,30H,17,20-21H2,1-3H3,(H,37,41)/t30-/m0/s1. The van der Waals surface area contributed by atoms with Gasteiger partial charge in [0.05, 0.1) is 22.2 Å². The fraction of sp³-hybridized carbons (Fsp3) is 0.212. The normalized spacial score (nSPS) is 11.9. The molecule has 12 heteroatoms. The zero-order valence-electron chi connectivity index (χ0n) is 24.8. The average molecular weight is 734 g/mol. The van der Waals surface area contributed by atoms with Crippen molar-refractivity contribution in [2.24, 2.45) is 0 Å². The number of hydrogen-bond donors (Lipinski definition) is 1. The van der Waals surface area contributed by atoms with Crippen molar-refractivity contribution in [2.45, 2.75) is 30.8 Å². The molecular weight excluding hydrogens is 701 g/mol. The first-order valence-corrected chi connectivity index (χ1v) is 16.9. The lowest BCUT2D eigenvalue weighted by Gasteiger charge is -2.33. The van der Waals surface area contributed by atoms with E-state index in [4.69, 9.17) is 27.9 Å². The average Bonchev–Trinajstić information content (AvgIpc) is 3.02. The van der Waals surface area contributed by atoms with E-state index in [2.05, 4.69) is 21.2 Å². The van der Waals surface area contributed by atoms with E-state index in [1.807, 2.05) is 37.3 Å². The van der Waals surface area contributed by atoms with Crippen LogP contribution in [0.25, 0.3) is 0 Å². The molecule has 0 saturated heterocycles. The van der Waals surface area contributed by atoms with Gasteiger partial charge in [-0.2, -0.15) is 0 Å². The first kappa shape index (κ1) is 34.3. The summed E-state index contributed by atoms with van der Waals surface area (Å²) in [7, 11) is -1.32. The Morgan fingerprint density at radius 2 is 1.64 bits per heavy atom. The topological polar surface area (TPSA) is 96.0 Å². The predicted molar refractivity (Wildman–Crippen MR) is 181 cm³/mol. The summed E-state index contributed by atoms with van der Waals surface area (Å²) in [4.78, 5) is 29.1. The molecule has 0 aliphatic heterocycles. The van der Waals surface area contributed by atoms with E-state index in [0.717, 1.165) is 15.4 Å². The third-order valence-electron chi connectivity index (χ3n) is 7.19. The number of anilines is 1. The maximum absolute atomic E-state index is 14.4. The Morgan fingerprint density at radius 1 is 0.956 bits per heavy atom. The van der Waals surface area contributed by atoms with Crippen LogP contribution in [0.1, 0.15) is 16.7 Å². The van der Waals surface area contributed by atoms with Crippen LogP contribution in [0.4, 0.5) is 5.69 Å². The fourth-order valence-electron chi connectivity index (χ4n) is 4.73. The van der Waals surface area contributed by atoms with Gasteiger partial charge in [0.2, 0.25) is 11.8 Å². The summed E-state index contributed by atoms with van der Waals surface area (Å²) in [5.74, 6) is -0.573. The number of carbonyl (C=O) groups is 2. The lowest BCUT2D eigenvalue weighted by molar-refractivity contribution is -0.139. The molecule has 236 valence electrons. The van der Waals surface area contributed by atoms with E-state index < -0.39 is 34.4 Å². The number of rotatable bonds is 12. The first-order chi connectivity index (χ1) is 21.4. The Morgan fingerprint density at radius 3 is 2.24 bits per heavy atom. The van der Waals surface area contributed by atoms with Gasteiger partial charge in [-0.05, 0) is 76.4 Å². The van der Waals surface area contributed by atoms with Crippen molar-refractivity contribution in [3.63, 3.8) is 0 Å². The van der Waals surface area contributed by atoms with Gasteiger partial charge >= 0.3 is 0 Å². The van der Waals surface area contributed by atoms with Gasteiger partial charge in [-0.3, -0.25) is 13.9 Å². The van der Waals surface area contributed by atoms with Crippen LogP contribution in [0.3, 0.4) is 0 Å².